The summed E-state index contributed by atoms with van der Waals surface area (Å²) in [5, 5.41) is 6.53. The van der Waals surface area contributed by atoms with Gasteiger partial charge in [0.1, 0.15) is 4.90 Å². The summed E-state index contributed by atoms with van der Waals surface area (Å²) in [6, 6.07) is 6.98. The highest BCUT2D eigenvalue weighted by Crippen LogP contribution is 2.21. The van der Waals surface area contributed by atoms with Crippen molar-refractivity contribution in [1.82, 2.24) is 10.0 Å². The van der Waals surface area contributed by atoms with E-state index < -0.39 is 10.0 Å². The van der Waals surface area contributed by atoms with Gasteiger partial charge in [-0.25, -0.2) is 13.1 Å². The molecular formula is C12H19N3O2S. The third-order valence-electron chi connectivity index (χ3n) is 3.19. The monoisotopic (exact) mass is 269 g/mol. The van der Waals surface area contributed by atoms with E-state index in [0.29, 0.717) is 16.5 Å². The Morgan fingerprint density at radius 3 is 2.83 bits per heavy atom. The van der Waals surface area contributed by atoms with Crippen molar-refractivity contribution in [3.63, 3.8) is 0 Å². The van der Waals surface area contributed by atoms with E-state index in [-0.39, 0.29) is 0 Å². The first kappa shape index (κ1) is 13.3. The SMILES string of the molecule is CNS(=O)(=O)c1ccccc1NCC1CCNC1. The number of anilines is 1. The second-order valence-electron chi connectivity index (χ2n) is 4.44. The number of nitrogens with one attached hydrogen (secondary N) is 3. The quantitative estimate of drug-likeness (QED) is 0.733. The molecule has 1 aromatic carbocycles. The minimum Gasteiger partial charge on any atom is -0.384 e. The lowest BCUT2D eigenvalue weighted by molar-refractivity contribution is 0.587. The topological polar surface area (TPSA) is 70.2 Å². The van der Waals surface area contributed by atoms with Crippen LogP contribution in [0, 0.1) is 5.92 Å². The van der Waals surface area contributed by atoms with E-state index in [1.807, 2.05) is 6.07 Å². The third-order valence-corrected chi connectivity index (χ3v) is 4.66. The molecule has 1 aromatic rings. The predicted molar refractivity (Wildman–Crippen MR) is 72.2 cm³/mol. The molecule has 18 heavy (non-hydrogen) atoms. The van der Waals surface area contributed by atoms with Gasteiger partial charge in [0, 0.05) is 6.54 Å². The van der Waals surface area contributed by atoms with Crippen molar-refractivity contribution in [3.05, 3.63) is 24.3 Å². The minimum atomic E-state index is -3.40. The van der Waals surface area contributed by atoms with E-state index in [9.17, 15) is 8.42 Å². The summed E-state index contributed by atoms with van der Waals surface area (Å²) in [5.41, 5.74) is 0.666. The van der Waals surface area contributed by atoms with Crippen LogP contribution in [0.5, 0.6) is 0 Å². The van der Waals surface area contributed by atoms with Crippen molar-refractivity contribution in [2.45, 2.75) is 11.3 Å². The summed E-state index contributed by atoms with van der Waals surface area (Å²) >= 11 is 0. The van der Waals surface area contributed by atoms with Crippen LogP contribution in [0.15, 0.2) is 29.2 Å². The fourth-order valence-corrected chi connectivity index (χ4v) is 3.01. The second kappa shape index (κ2) is 5.69. The Kier molecular flexibility index (Phi) is 4.21. The van der Waals surface area contributed by atoms with Crippen LogP contribution in [0.1, 0.15) is 6.42 Å². The Morgan fingerprint density at radius 1 is 1.39 bits per heavy atom. The average Bonchev–Trinajstić information content (AvgIpc) is 2.90. The van der Waals surface area contributed by atoms with Crippen LogP contribution in [0.25, 0.3) is 0 Å². The molecule has 1 aliphatic heterocycles. The van der Waals surface area contributed by atoms with Crippen molar-refractivity contribution in [2.24, 2.45) is 5.92 Å². The fourth-order valence-electron chi connectivity index (χ4n) is 2.10. The Hall–Kier alpha value is -1.11. The van der Waals surface area contributed by atoms with Crippen LogP contribution in [0.2, 0.25) is 0 Å². The summed E-state index contributed by atoms with van der Waals surface area (Å²) in [6.07, 6.45) is 1.13. The summed E-state index contributed by atoms with van der Waals surface area (Å²) in [7, 11) is -1.98. The summed E-state index contributed by atoms with van der Waals surface area (Å²) in [6.45, 7) is 2.83. The molecular weight excluding hydrogens is 250 g/mol. The van der Waals surface area contributed by atoms with Crippen LogP contribution in [0.3, 0.4) is 0 Å². The third kappa shape index (κ3) is 3.01. The lowest BCUT2D eigenvalue weighted by Crippen LogP contribution is -2.22. The zero-order valence-electron chi connectivity index (χ0n) is 10.4. The van der Waals surface area contributed by atoms with Crippen molar-refractivity contribution in [2.75, 3.05) is 32.0 Å². The Labute approximate surface area is 108 Å². The smallest absolute Gasteiger partial charge is 0.242 e. The standard InChI is InChI=1S/C12H19N3O2S/c1-13-18(16,17)12-5-3-2-4-11(12)15-9-10-6-7-14-8-10/h2-5,10,13-15H,6-9H2,1H3. The van der Waals surface area contributed by atoms with Gasteiger partial charge in [0.15, 0.2) is 0 Å². The second-order valence-corrected chi connectivity index (χ2v) is 6.30. The van der Waals surface area contributed by atoms with E-state index in [1.54, 1.807) is 18.2 Å². The molecule has 0 aromatic heterocycles. The normalized spacial score (nSPS) is 19.9. The molecule has 1 heterocycles. The van der Waals surface area contributed by atoms with Gasteiger partial charge >= 0.3 is 0 Å². The molecule has 5 nitrogen and oxygen atoms in total. The molecule has 1 aliphatic rings. The molecule has 6 heteroatoms. The zero-order chi connectivity index (χ0) is 13.0. The van der Waals surface area contributed by atoms with Crippen molar-refractivity contribution in [1.29, 1.82) is 0 Å². The highest BCUT2D eigenvalue weighted by Gasteiger charge is 2.18. The first-order valence-electron chi connectivity index (χ1n) is 6.10. The molecule has 3 N–H and O–H groups in total. The predicted octanol–water partition coefficient (Wildman–Crippen LogP) is 0.616. The number of sulfonamides is 1. The van der Waals surface area contributed by atoms with E-state index in [4.69, 9.17) is 0 Å². The van der Waals surface area contributed by atoms with Crippen molar-refractivity contribution >= 4 is 15.7 Å². The summed E-state index contributed by atoms with van der Waals surface area (Å²) in [4.78, 5) is 0.304. The van der Waals surface area contributed by atoms with Crippen molar-refractivity contribution < 1.29 is 8.42 Å². The number of benzene rings is 1. The number of rotatable bonds is 5. The molecule has 0 saturated carbocycles. The molecule has 0 spiro atoms. The molecule has 1 atom stereocenters. The maximum absolute atomic E-state index is 11.9. The summed E-state index contributed by atoms with van der Waals surface area (Å²) in [5.74, 6) is 0.565. The number of hydrogen-bond acceptors (Lipinski definition) is 4. The molecule has 1 saturated heterocycles. The van der Waals surface area contributed by atoms with Gasteiger partial charge in [0.25, 0.3) is 0 Å². The minimum absolute atomic E-state index is 0.304. The Balaban J connectivity index is 2.12. The highest BCUT2D eigenvalue weighted by atomic mass is 32.2. The Morgan fingerprint density at radius 2 is 2.17 bits per heavy atom. The van der Waals surface area contributed by atoms with Gasteiger partial charge in [-0.15, -0.1) is 0 Å². The molecule has 0 amide bonds. The molecule has 1 fully saturated rings. The van der Waals surface area contributed by atoms with Crippen LogP contribution in [-0.2, 0) is 10.0 Å². The summed E-state index contributed by atoms with van der Waals surface area (Å²) < 4.78 is 26.1. The molecule has 1 unspecified atom stereocenters. The van der Waals surface area contributed by atoms with E-state index in [1.165, 1.54) is 7.05 Å². The van der Waals surface area contributed by atoms with Gasteiger partial charge in [-0.05, 0) is 44.6 Å². The maximum Gasteiger partial charge on any atom is 0.242 e. The first-order chi connectivity index (χ1) is 8.63. The average molecular weight is 269 g/mol. The highest BCUT2D eigenvalue weighted by molar-refractivity contribution is 7.89. The van der Waals surface area contributed by atoms with E-state index >= 15 is 0 Å². The van der Waals surface area contributed by atoms with Gasteiger partial charge in [0.2, 0.25) is 10.0 Å². The fraction of sp³-hybridized carbons (Fsp3) is 0.500. The molecule has 100 valence electrons. The van der Waals surface area contributed by atoms with Gasteiger partial charge in [-0.3, -0.25) is 0 Å². The van der Waals surface area contributed by atoms with Crippen LogP contribution >= 0.6 is 0 Å². The number of para-hydroxylation sites is 1. The van der Waals surface area contributed by atoms with Crippen molar-refractivity contribution in [3.8, 4) is 0 Å². The molecule has 0 aliphatic carbocycles. The lowest BCUT2D eigenvalue weighted by atomic mass is 10.1. The lowest BCUT2D eigenvalue weighted by Gasteiger charge is -2.14. The van der Waals surface area contributed by atoms with Gasteiger partial charge in [-0.1, -0.05) is 12.1 Å². The largest absolute Gasteiger partial charge is 0.384 e. The molecule has 0 radical (unpaired) electrons. The van der Waals surface area contributed by atoms with Crippen LogP contribution in [0.4, 0.5) is 5.69 Å². The zero-order valence-corrected chi connectivity index (χ0v) is 11.3. The number of hydrogen-bond donors (Lipinski definition) is 3. The van der Waals surface area contributed by atoms with Gasteiger partial charge in [0.05, 0.1) is 5.69 Å². The van der Waals surface area contributed by atoms with Gasteiger partial charge in [-0.2, -0.15) is 0 Å². The Bertz CT molecular complexity index is 496. The molecule has 2 rings (SSSR count). The maximum atomic E-state index is 11.9. The van der Waals surface area contributed by atoms with E-state index in [0.717, 1.165) is 26.1 Å². The van der Waals surface area contributed by atoms with Crippen LogP contribution < -0.4 is 15.4 Å². The van der Waals surface area contributed by atoms with E-state index in [2.05, 4.69) is 15.4 Å². The van der Waals surface area contributed by atoms with Gasteiger partial charge < -0.3 is 10.6 Å². The van der Waals surface area contributed by atoms with Crippen LogP contribution in [-0.4, -0.2) is 35.1 Å². The molecule has 0 bridgehead atoms. The first-order valence-corrected chi connectivity index (χ1v) is 7.59.